The summed E-state index contributed by atoms with van der Waals surface area (Å²) in [6, 6.07) is 1.74. The molecule has 86 valence electrons. The highest BCUT2D eigenvalue weighted by Gasteiger charge is 2.22. The van der Waals surface area contributed by atoms with E-state index in [0.717, 1.165) is 36.6 Å². The van der Waals surface area contributed by atoms with Gasteiger partial charge in [0, 0.05) is 11.6 Å². The SMILES string of the molecule is Cc1cc(C=O)nc(C2CCCC(C)C2)n1. The van der Waals surface area contributed by atoms with E-state index in [0.29, 0.717) is 11.6 Å². The average Bonchev–Trinajstić information content (AvgIpc) is 2.28. The van der Waals surface area contributed by atoms with E-state index in [2.05, 4.69) is 16.9 Å². The van der Waals surface area contributed by atoms with Crippen molar-refractivity contribution in [2.45, 2.75) is 45.4 Å². The van der Waals surface area contributed by atoms with Crippen molar-refractivity contribution in [3.05, 3.63) is 23.3 Å². The van der Waals surface area contributed by atoms with E-state index < -0.39 is 0 Å². The Labute approximate surface area is 96.3 Å². The number of carbonyl (C=O) groups is 1. The van der Waals surface area contributed by atoms with E-state index in [-0.39, 0.29) is 0 Å². The lowest BCUT2D eigenvalue weighted by Gasteiger charge is -2.25. The van der Waals surface area contributed by atoms with Gasteiger partial charge in [-0.1, -0.05) is 19.8 Å². The van der Waals surface area contributed by atoms with Crippen molar-refractivity contribution in [2.24, 2.45) is 5.92 Å². The first-order valence-corrected chi connectivity index (χ1v) is 6.00. The summed E-state index contributed by atoms with van der Waals surface area (Å²) in [5.41, 5.74) is 1.41. The molecule has 1 aliphatic carbocycles. The standard InChI is InChI=1S/C13H18N2O/c1-9-4-3-5-11(6-9)13-14-10(2)7-12(8-16)15-13/h7-9,11H,3-6H2,1-2H3. The number of aldehydes is 1. The van der Waals surface area contributed by atoms with Gasteiger partial charge in [0.25, 0.3) is 0 Å². The maximum Gasteiger partial charge on any atom is 0.168 e. The molecule has 1 saturated carbocycles. The quantitative estimate of drug-likeness (QED) is 0.717. The molecule has 2 unspecified atom stereocenters. The third kappa shape index (κ3) is 2.46. The Hall–Kier alpha value is -1.25. The third-order valence-electron chi connectivity index (χ3n) is 3.31. The zero-order valence-electron chi connectivity index (χ0n) is 9.94. The van der Waals surface area contributed by atoms with Gasteiger partial charge in [-0.3, -0.25) is 4.79 Å². The first-order chi connectivity index (χ1) is 7.69. The Morgan fingerprint density at radius 3 is 2.88 bits per heavy atom. The van der Waals surface area contributed by atoms with Gasteiger partial charge in [-0.05, 0) is 31.7 Å². The second-order valence-electron chi connectivity index (χ2n) is 4.88. The number of rotatable bonds is 2. The highest BCUT2D eigenvalue weighted by molar-refractivity contribution is 5.71. The molecule has 0 saturated heterocycles. The Kier molecular flexibility index (Phi) is 3.32. The van der Waals surface area contributed by atoms with Crippen LogP contribution in [0.2, 0.25) is 0 Å². The van der Waals surface area contributed by atoms with Gasteiger partial charge < -0.3 is 0 Å². The fourth-order valence-electron chi connectivity index (χ4n) is 2.53. The molecule has 16 heavy (non-hydrogen) atoms. The maximum absolute atomic E-state index is 10.8. The Bertz CT molecular complexity index is 390. The number of carbonyl (C=O) groups excluding carboxylic acids is 1. The van der Waals surface area contributed by atoms with E-state index in [9.17, 15) is 4.79 Å². The summed E-state index contributed by atoms with van der Waals surface area (Å²) < 4.78 is 0. The van der Waals surface area contributed by atoms with Crippen LogP contribution >= 0.6 is 0 Å². The van der Waals surface area contributed by atoms with Crippen molar-refractivity contribution < 1.29 is 4.79 Å². The number of aromatic nitrogens is 2. The van der Waals surface area contributed by atoms with Crippen molar-refractivity contribution in [3.8, 4) is 0 Å². The van der Waals surface area contributed by atoms with Crippen molar-refractivity contribution >= 4 is 6.29 Å². The molecule has 3 heteroatoms. The van der Waals surface area contributed by atoms with Crippen LogP contribution in [0.5, 0.6) is 0 Å². The Morgan fingerprint density at radius 2 is 2.19 bits per heavy atom. The molecule has 0 N–H and O–H groups in total. The van der Waals surface area contributed by atoms with E-state index in [1.165, 1.54) is 12.8 Å². The molecule has 0 aromatic carbocycles. The lowest BCUT2D eigenvalue weighted by molar-refractivity contribution is 0.111. The zero-order chi connectivity index (χ0) is 11.5. The smallest absolute Gasteiger partial charge is 0.168 e. The number of aryl methyl sites for hydroxylation is 1. The van der Waals surface area contributed by atoms with Gasteiger partial charge in [0.2, 0.25) is 0 Å². The maximum atomic E-state index is 10.8. The molecule has 0 radical (unpaired) electrons. The minimum Gasteiger partial charge on any atom is -0.296 e. The van der Waals surface area contributed by atoms with Gasteiger partial charge in [-0.15, -0.1) is 0 Å². The molecule has 2 rings (SSSR count). The molecule has 1 aromatic heterocycles. The minimum absolute atomic E-state index is 0.447. The highest BCUT2D eigenvalue weighted by atomic mass is 16.1. The lowest BCUT2D eigenvalue weighted by atomic mass is 9.82. The number of hydrogen-bond donors (Lipinski definition) is 0. The molecule has 2 atom stereocenters. The Balaban J connectivity index is 2.24. The molecular weight excluding hydrogens is 200 g/mol. The molecule has 0 aliphatic heterocycles. The van der Waals surface area contributed by atoms with Crippen LogP contribution < -0.4 is 0 Å². The molecule has 0 bridgehead atoms. The minimum atomic E-state index is 0.447. The van der Waals surface area contributed by atoms with E-state index in [4.69, 9.17) is 0 Å². The Morgan fingerprint density at radius 1 is 1.38 bits per heavy atom. The van der Waals surface area contributed by atoms with Crippen LogP contribution in [0.15, 0.2) is 6.07 Å². The summed E-state index contributed by atoms with van der Waals surface area (Å²) in [6.45, 7) is 4.20. The summed E-state index contributed by atoms with van der Waals surface area (Å²) in [6.07, 6.45) is 5.68. The fourth-order valence-corrected chi connectivity index (χ4v) is 2.53. The van der Waals surface area contributed by atoms with Crippen LogP contribution in [0.3, 0.4) is 0 Å². The summed E-state index contributed by atoms with van der Waals surface area (Å²) >= 11 is 0. The van der Waals surface area contributed by atoms with E-state index >= 15 is 0 Å². The second kappa shape index (κ2) is 4.73. The van der Waals surface area contributed by atoms with Crippen molar-refractivity contribution in [1.82, 2.24) is 9.97 Å². The summed E-state index contributed by atoms with van der Waals surface area (Å²) in [4.78, 5) is 19.6. The predicted molar refractivity (Wildman–Crippen MR) is 62.5 cm³/mol. The second-order valence-corrected chi connectivity index (χ2v) is 4.88. The van der Waals surface area contributed by atoms with Gasteiger partial charge in [0.15, 0.2) is 6.29 Å². The molecular formula is C13H18N2O. The first-order valence-electron chi connectivity index (χ1n) is 6.00. The van der Waals surface area contributed by atoms with Crippen molar-refractivity contribution in [1.29, 1.82) is 0 Å². The topological polar surface area (TPSA) is 42.9 Å². The van der Waals surface area contributed by atoms with Crippen molar-refractivity contribution in [2.75, 3.05) is 0 Å². The van der Waals surface area contributed by atoms with Crippen LogP contribution in [-0.2, 0) is 0 Å². The molecule has 3 nitrogen and oxygen atoms in total. The molecule has 0 amide bonds. The molecule has 1 aliphatic rings. The van der Waals surface area contributed by atoms with E-state index in [1.54, 1.807) is 6.07 Å². The monoisotopic (exact) mass is 218 g/mol. The lowest BCUT2D eigenvalue weighted by Crippen LogP contribution is -2.15. The number of hydrogen-bond acceptors (Lipinski definition) is 3. The largest absolute Gasteiger partial charge is 0.296 e. The van der Waals surface area contributed by atoms with Crippen LogP contribution in [0.25, 0.3) is 0 Å². The first kappa shape index (κ1) is 11.2. The van der Waals surface area contributed by atoms with Gasteiger partial charge in [0.05, 0.1) is 0 Å². The van der Waals surface area contributed by atoms with Crippen LogP contribution in [0.1, 0.15) is 60.5 Å². The van der Waals surface area contributed by atoms with Crippen molar-refractivity contribution in [3.63, 3.8) is 0 Å². The zero-order valence-corrected chi connectivity index (χ0v) is 9.94. The average molecular weight is 218 g/mol. The van der Waals surface area contributed by atoms with Gasteiger partial charge in [-0.2, -0.15) is 0 Å². The van der Waals surface area contributed by atoms with Crippen LogP contribution in [0.4, 0.5) is 0 Å². The molecule has 1 aromatic rings. The molecule has 0 spiro atoms. The summed E-state index contributed by atoms with van der Waals surface area (Å²) in [7, 11) is 0. The van der Waals surface area contributed by atoms with Gasteiger partial charge in [-0.25, -0.2) is 9.97 Å². The fraction of sp³-hybridized carbons (Fsp3) is 0.615. The summed E-state index contributed by atoms with van der Waals surface area (Å²) in [5.74, 6) is 2.07. The van der Waals surface area contributed by atoms with Crippen LogP contribution in [0, 0.1) is 12.8 Å². The molecule has 1 heterocycles. The summed E-state index contributed by atoms with van der Waals surface area (Å²) in [5, 5.41) is 0. The third-order valence-corrected chi connectivity index (χ3v) is 3.31. The predicted octanol–water partition coefficient (Wildman–Crippen LogP) is 2.89. The van der Waals surface area contributed by atoms with E-state index in [1.807, 2.05) is 6.92 Å². The molecule has 1 fully saturated rings. The highest BCUT2D eigenvalue weighted by Crippen LogP contribution is 2.34. The number of nitrogens with zero attached hydrogens (tertiary/aromatic N) is 2. The van der Waals surface area contributed by atoms with Crippen LogP contribution in [-0.4, -0.2) is 16.3 Å². The van der Waals surface area contributed by atoms with Gasteiger partial charge >= 0.3 is 0 Å². The normalized spacial score (nSPS) is 25.4. The van der Waals surface area contributed by atoms with Gasteiger partial charge in [0.1, 0.15) is 11.5 Å².